The van der Waals surface area contributed by atoms with E-state index in [1.807, 2.05) is 0 Å². The summed E-state index contributed by atoms with van der Waals surface area (Å²) >= 11 is 0. The van der Waals surface area contributed by atoms with Gasteiger partial charge in [0, 0.05) is 38.3 Å². The molecule has 0 aliphatic rings. The third-order valence-corrected chi connectivity index (χ3v) is 10.8. The van der Waals surface area contributed by atoms with Crippen molar-refractivity contribution in [2.24, 2.45) is 0 Å². The predicted octanol–water partition coefficient (Wildman–Crippen LogP) is 13.5. The number of para-hydroxylation sites is 1. The summed E-state index contributed by atoms with van der Waals surface area (Å²) in [5, 5.41) is 10.0. The predicted molar refractivity (Wildman–Crippen MR) is 221 cm³/mol. The fourth-order valence-corrected chi connectivity index (χ4v) is 8.57. The van der Waals surface area contributed by atoms with Crippen LogP contribution >= 0.6 is 0 Å². The van der Waals surface area contributed by atoms with Crippen molar-refractivity contribution >= 4 is 65.2 Å². The van der Waals surface area contributed by atoms with Gasteiger partial charge in [-0.2, -0.15) is 0 Å². The van der Waals surface area contributed by atoms with Crippen LogP contribution < -0.4 is 0 Å². The molecule has 0 radical (unpaired) electrons. The normalized spacial score (nSPS) is 11.8. The molecule has 0 amide bonds. The zero-order chi connectivity index (χ0) is 34.2. The average molecular weight is 661 g/mol. The van der Waals surface area contributed by atoms with Gasteiger partial charge in [-0.1, -0.05) is 152 Å². The van der Waals surface area contributed by atoms with Crippen LogP contribution in [0.5, 0.6) is 0 Å². The second kappa shape index (κ2) is 11.3. The van der Waals surface area contributed by atoms with E-state index < -0.39 is 0 Å². The summed E-state index contributed by atoms with van der Waals surface area (Å²) in [4.78, 5) is 0. The van der Waals surface area contributed by atoms with Crippen LogP contribution in [0.15, 0.2) is 194 Å². The molecule has 9 aromatic carbocycles. The van der Waals surface area contributed by atoms with Crippen LogP contribution in [0.25, 0.3) is 98.8 Å². The van der Waals surface area contributed by atoms with Gasteiger partial charge in [0.15, 0.2) is 0 Å². The Morgan fingerprint density at radius 3 is 1.42 bits per heavy atom. The average Bonchev–Trinajstić information content (AvgIpc) is 3.74. The molecule has 242 valence electrons. The fraction of sp³-hybridized carbons (Fsp3) is 0. The number of hydrogen-bond acceptors (Lipinski definition) is 0. The highest BCUT2D eigenvalue weighted by Crippen LogP contribution is 2.47. The van der Waals surface area contributed by atoms with Crippen molar-refractivity contribution in [2.75, 3.05) is 0 Å². The van der Waals surface area contributed by atoms with Crippen molar-refractivity contribution in [1.82, 2.24) is 9.13 Å². The lowest BCUT2D eigenvalue weighted by Gasteiger charge is -2.14. The van der Waals surface area contributed by atoms with E-state index in [0.29, 0.717) is 0 Å². The van der Waals surface area contributed by atoms with Crippen LogP contribution in [0.2, 0.25) is 0 Å². The summed E-state index contributed by atoms with van der Waals surface area (Å²) < 4.78 is 5.03. The van der Waals surface area contributed by atoms with E-state index in [-0.39, 0.29) is 0 Å². The zero-order valence-corrected chi connectivity index (χ0v) is 28.4. The minimum absolute atomic E-state index is 1.15. The van der Waals surface area contributed by atoms with Crippen molar-refractivity contribution in [3.8, 4) is 33.6 Å². The second-order valence-electron chi connectivity index (χ2n) is 13.7. The Labute approximate surface area is 301 Å². The molecular weight excluding hydrogens is 629 g/mol. The number of rotatable bonds is 4. The fourth-order valence-electron chi connectivity index (χ4n) is 8.57. The van der Waals surface area contributed by atoms with E-state index in [4.69, 9.17) is 0 Å². The monoisotopic (exact) mass is 660 g/mol. The molecule has 0 N–H and O–H groups in total. The van der Waals surface area contributed by atoms with Crippen LogP contribution in [0.3, 0.4) is 0 Å². The zero-order valence-electron chi connectivity index (χ0n) is 28.4. The first-order chi connectivity index (χ1) is 25.8. The van der Waals surface area contributed by atoms with Crippen molar-refractivity contribution < 1.29 is 0 Å². The minimum Gasteiger partial charge on any atom is -0.309 e. The van der Waals surface area contributed by atoms with E-state index in [9.17, 15) is 0 Å². The molecule has 0 atom stereocenters. The van der Waals surface area contributed by atoms with E-state index in [2.05, 4.69) is 203 Å². The van der Waals surface area contributed by atoms with Gasteiger partial charge in [0.1, 0.15) is 0 Å². The highest BCUT2D eigenvalue weighted by Gasteiger charge is 2.25. The van der Waals surface area contributed by atoms with Crippen molar-refractivity contribution in [1.29, 1.82) is 0 Å². The quantitative estimate of drug-likeness (QED) is 0.178. The number of hydrogen-bond donors (Lipinski definition) is 0. The summed E-state index contributed by atoms with van der Waals surface area (Å²) in [6, 6.07) is 70.9. The van der Waals surface area contributed by atoms with Crippen LogP contribution in [0.1, 0.15) is 0 Å². The lowest BCUT2D eigenvalue weighted by molar-refractivity contribution is 1.18. The maximum Gasteiger partial charge on any atom is 0.0647 e. The van der Waals surface area contributed by atoms with Crippen LogP contribution in [0.4, 0.5) is 0 Å². The SMILES string of the molecule is c1ccc(-c2cccc(-n3c4ccccc4c4c3c3ccccc3c3c5cc6ccccc6cc5n(-c5cccc(-c6ccccc6)c5)c34)c2)cc1. The maximum absolute atomic E-state index is 2.54. The molecule has 0 saturated carbocycles. The molecule has 52 heavy (non-hydrogen) atoms. The minimum atomic E-state index is 1.15. The lowest BCUT2D eigenvalue weighted by atomic mass is 9.98. The summed E-state index contributed by atoms with van der Waals surface area (Å²) in [7, 11) is 0. The van der Waals surface area contributed by atoms with E-state index in [1.165, 1.54) is 87.4 Å². The van der Waals surface area contributed by atoms with Gasteiger partial charge < -0.3 is 9.13 Å². The van der Waals surface area contributed by atoms with Gasteiger partial charge in [-0.25, -0.2) is 0 Å². The van der Waals surface area contributed by atoms with Crippen LogP contribution in [-0.2, 0) is 0 Å². The number of nitrogens with zero attached hydrogens (tertiary/aromatic N) is 2. The molecule has 2 aromatic heterocycles. The first-order valence-corrected chi connectivity index (χ1v) is 17.9. The van der Waals surface area contributed by atoms with Gasteiger partial charge in [0.2, 0.25) is 0 Å². The molecule has 11 rings (SSSR count). The van der Waals surface area contributed by atoms with Gasteiger partial charge in [-0.05, 0) is 80.9 Å². The third kappa shape index (κ3) is 4.25. The number of aromatic nitrogens is 2. The van der Waals surface area contributed by atoms with Gasteiger partial charge in [-0.15, -0.1) is 0 Å². The van der Waals surface area contributed by atoms with E-state index >= 15 is 0 Å². The molecule has 0 saturated heterocycles. The standard InChI is InChI=1S/C50H32N2/c1-3-15-33(16-4-1)35-21-13-23-39(29-35)51-45-28-12-11-27-43(45)48-49(51)42-26-10-9-25-41(42)47-44-31-37-19-7-8-20-38(37)32-46(44)52(50(47)48)40-24-14-22-36(30-40)34-17-5-2-6-18-34/h1-32H. The van der Waals surface area contributed by atoms with Crippen molar-refractivity contribution in [2.45, 2.75) is 0 Å². The Hall–Kier alpha value is -6.90. The van der Waals surface area contributed by atoms with E-state index in [1.54, 1.807) is 0 Å². The Bertz CT molecular complexity index is 3160. The van der Waals surface area contributed by atoms with Gasteiger partial charge in [0.25, 0.3) is 0 Å². The highest BCUT2D eigenvalue weighted by molar-refractivity contribution is 6.37. The smallest absolute Gasteiger partial charge is 0.0647 e. The van der Waals surface area contributed by atoms with Crippen molar-refractivity contribution in [3.05, 3.63) is 194 Å². The summed E-state index contributed by atoms with van der Waals surface area (Å²) in [5.41, 5.74) is 12.0. The molecule has 0 fully saturated rings. The van der Waals surface area contributed by atoms with Crippen LogP contribution in [0, 0.1) is 0 Å². The van der Waals surface area contributed by atoms with Crippen molar-refractivity contribution in [3.63, 3.8) is 0 Å². The first kappa shape index (κ1) is 28.9. The summed E-state index contributed by atoms with van der Waals surface area (Å²) in [6.07, 6.45) is 0. The molecular formula is C50H32N2. The number of benzene rings is 9. The number of fused-ring (bicyclic) bond motifs is 11. The summed E-state index contributed by atoms with van der Waals surface area (Å²) in [6.45, 7) is 0. The molecule has 2 heterocycles. The van der Waals surface area contributed by atoms with Gasteiger partial charge in [-0.3, -0.25) is 0 Å². The first-order valence-electron chi connectivity index (χ1n) is 17.9. The maximum atomic E-state index is 2.54. The summed E-state index contributed by atoms with van der Waals surface area (Å²) in [5.74, 6) is 0. The molecule has 2 nitrogen and oxygen atoms in total. The molecule has 0 aliphatic carbocycles. The Morgan fingerprint density at radius 2 is 0.769 bits per heavy atom. The third-order valence-electron chi connectivity index (χ3n) is 10.8. The lowest BCUT2D eigenvalue weighted by Crippen LogP contribution is -1.97. The van der Waals surface area contributed by atoms with Gasteiger partial charge in [0.05, 0.1) is 22.1 Å². The second-order valence-corrected chi connectivity index (χ2v) is 13.7. The Morgan fingerprint density at radius 1 is 0.269 bits per heavy atom. The Kier molecular flexibility index (Phi) is 6.28. The largest absolute Gasteiger partial charge is 0.309 e. The molecule has 11 aromatic rings. The molecule has 0 aliphatic heterocycles. The molecule has 0 unspecified atom stereocenters. The highest BCUT2D eigenvalue weighted by atomic mass is 15.0. The molecule has 2 heteroatoms. The van der Waals surface area contributed by atoms with Gasteiger partial charge >= 0.3 is 0 Å². The topological polar surface area (TPSA) is 9.86 Å². The molecule has 0 bridgehead atoms. The molecule has 0 spiro atoms. The Balaban J connectivity index is 1.36. The van der Waals surface area contributed by atoms with E-state index in [0.717, 1.165) is 11.4 Å². The van der Waals surface area contributed by atoms with Crippen LogP contribution in [-0.4, -0.2) is 9.13 Å².